The number of amides is 1. The van der Waals surface area contributed by atoms with E-state index in [1.807, 2.05) is 27.8 Å². The molecule has 1 atom stereocenters. The van der Waals surface area contributed by atoms with Gasteiger partial charge in [-0.2, -0.15) is 5.10 Å². The maximum atomic E-state index is 13.1. The van der Waals surface area contributed by atoms with Crippen LogP contribution in [-0.2, 0) is 35.5 Å². The van der Waals surface area contributed by atoms with Crippen LogP contribution in [0.1, 0.15) is 29.8 Å². The highest BCUT2D eigenvalue weighted by molar-refractivity contribution is 8.01. The lowest BCUT2D eigenvalue weighted by Crippen LogP contribution is -2.37. The zero-order valence-corrected chi connectivity index (χ0v) is 15.2. The summed E-state index contributed by atoms with van der Waals surface area (Å²) >= 11 is 1.66. The van der Waals surface area contributed by atoms with Crippen molar-refractivity contribution in [2.45, 2.75) is 48.9 Å². The molecule has 1 N–H and O–H groups in total. The molecule has 0 aliphatic carbocycles. The molecule has 26 heavy (non-hydrogen) atoms. The second-order valence-corrected chi connectivity index (χ2v) is 8.02. The van der Waals surface area contributed by atoms with Gasteiger partial charge in [-0.05, 0) is 30.5 Å². The van der Waals surface area contributed by atoms with Crippen LogP contribution in [0.3, 0.4) is 0 Å². The topological polar surface area (TPSA) is 75.4 Å². The van der Waals surface area contributed by atoms with Crippen molar-refractivity contribution in [3.05, 3.63) is 47.3 Å². The summed E-state index contributed by atoms with van der Waals surface area (Å²) in [6.07, 6.45) is 2.16. The van der Waals surface area contributed by atoms with Crippen molar-refractivity contribution in [2.75, 3.05) is 6.54 Å². The third-order valence-corrected chi connectivity index (χ3v) is 6.20. The fourth-order valence-electron chi connectivity index (χ4n) is 3.59. The number of carbonyl (C=O) groups is 2. The maximum absolute atomic E-state index is 13.1. The Kier molecular flexibility index (Phi) is 4.72. The van der Waals surface area contributed by atoms with E-state index in [9.17, 15) is 9.59 Å². The summed E-state index contributed by atoms with van der Waals surface area (Å²) in [5.41, 5.74) is 3.04. The molecule has 7 heteroatoms. The lowest BCUT2D eigenvalue weighted by molar-refractivity contribution is -0.137. The summed E-state index contributed by atoms with van der Waals surface area (Å²) in [5, 5.41) is 13.3. The molecule has 0 saturated heterocycles. The standard InChI is InChI=1S/C19H21N3O3S/c23-18(24)7-6-14-11-15-12-21(8-3-9-22(15)20-14)19(25)17-10-13-4-1-2-5-16(13)26-17/h1-2,4-5,11,17H,3,6-10,12H2,(H,23,24). The van der Waals surface area contributed by atoms with Crippen LogP contribution in [0.25, 0.3) is 0 Å². The predicted molar refractivity (Wildman–Crippen MR) is 98.0 cm³/mol. The molecule has 1 unspecified atom stereocenters. The van der Waals surface area contributed by atoms with E-state index in [1.54, 1.807) is 11.8 Å². The molecule has 1 aromatic carbocycles. The smallest absolute Gasteiger partial charge is 0.303 e. The highest BCUT2D eigenvalue weighted by Gasteiger charge is 2.32. The number of hydrogen-bond donors (Lipinski definition) is 1. The second kappa shape index (κ2) is 7.15. The van der Waals surface area contributed by atoms with E-state index in [2.05, 4.69) is 17.2 Å². The Morgan fingerprint density at radius 3 is 2.92 bits per heavy atom. The normalized spacial score (nSPS) is 18.9. The number of aromatic nitrogens is 2. The first-order chi connectivity index (χ1) is 12.6. The quantitative estimate of drug-likeness (QED) is 0.893. The Hall–Kier alpha value is -2.28. The van der Waals surface area contributed by atoms with E-state index in [-0.39, 0.29) is 17.6 Å². The maximum Gasteiger partial charge on any atom is 0.303 e. The van der Waals surface area contributed by atoms with Gasteiger partial charge in [0, 0.05) is 24.4 Å². The van der Waals surface area contributed by atoms with Crippen molar-refractivity contribution < 1.29 is 14.7 Å². The van der Waals surface area contributed by atoms with Gasteiger partial charge in [0.1, 0.15) is 0 Å². The molecule has 6 nitrogen and oxygen atoms in total. The van der Waals surface area contributed by atoms with Gasteiger partial charge in [-0.15, -0.1) is 11.8 Å². The molecule has 4 rings (SSSR count). The lowest BCUT2D eigenvalue weighted by atomic mass is 10.1. The summed E-state index contributed by atoms with van der Waals surface area (Å²) in [4.78, 5) is 27.0. The Bertz CT molecular complexity index is 823. The van der Waals surface area contributed by atoms with Crippen LogP contribution >= 0.6 is 11.8 Å². The summed E-state index contributed by atoms with van der Waals surface area (Å²) in [5.74, 6) is -0.629. The van der Waals surface area contributed by atoms with E-state index in [0.717, 1.165) is 37.3 Å². The number of rotatable bonds is 4. The zero-order valence-electron chi connectivity index (χ0n) is 14.4. The summed E-state index contributed by atoms with van der Waals surface area (Å²) in [6.45, 7) is 2.05. The van der Waals surface area contributed by atoms with Gasteiger partial charge in [-0.1, -0.05) is 18.2 Å². The third kappa shape index (κ3) is 3.49. The SMILES string of the molecule is O=C(O)CCc1cc2n(n1)CCCN(C(=O)C1Cc3ccccc3S1)C2. The van der Waals surface area contributed by atoms with Crippen molar-refractivity contribution in [1.82, 2.24) is 14.7 Å². The van der Waals surface area contributed by atoms with Gasteiger partial charge in [0.25, 0.3) is 0 Å². The van der Waals surface area contributed by atoms with Crippen LogP contribution in [0.2, 0.25) is 0 Å². The molecule has 0 bridgehead atoms. The Labute approximate surface area is 156 Å². The minimum Gasteiger partial charge on any atom is -0.481 e. The Morgan fingerprint density at radius 2 is 2.12 bits per heavy atom. The molecule has 0 spiro atoms. The molecular formula is C19H21N3O3S. The number of fused-ring (bicyclic) bond motifs is 2. The van der Waals surface area contributed by atoms with Crippen molar-refractivity contribution in [2.24, 2.45) is 0 Å². The van der Waals surface area contributed by atoms with Gasteiger partial charge in [0.15, 0.2) is 0 Å². The average molecular weight is 371 g/mol. The summed E-state index contributed by atoms with van der Waals surface area (Å²) in [7, 11) is 0. The van der Waals surface area contributed by atoms with Crippen LogP contribution in [-0.4, -0.2) is 43.5 Å². The molecule has 2 aromatic rings. The first kappa shape index (κ1) is 17.1. The average Bonchev–Trinajstić information content (AvgIpc) is 3.17. The number of carbonyl (C=O) groups excluding carboxylic acids is 1. The molecule has 0 fully saturated rings. The van der Waals surface area contributed by atoms with Gasteiger partial charge in [-0.25, -0.2) is 0 Å². The number of carboxylic acid groups (broad SMARTS) is 1. The minimum atomic E-state index is -0.817. The number of nitrogens with zero attached hydrogens (tertiary/aromatic N) is 3. The minimum absolute atomic E-state index is 0.0478. The van der Waals surface area contributed by atoms with Crippen molar-refractivity contribution in [3.8, 4) is 0 Å². The molecule has 3 heterocycles. The number of benzene rings is 1. The van der Waals surface area contributed by atoms with Crippen molar-refractivity contribution in [1.29, 1.82) is 0 Å². The molecule has 1 aromatic heterocycles. The van der Waals surface area contributed by atoms with Crippen LogP contribution in [0.15, 0.2) is 35.2 Å². The van der Waals surface area contributed by atoms with E-state index in [4.69, 9.17) is 5.11 Å². The highest BCUT2D eigenvalue weighted by Crippen LogP contribution is 2.38. The predicted octanol–water partition coefficient (Wildman–Crippen LogP) is 2.35. The fourth-order valence-corrected chi connectivity index (χ4v) is 4.87. The first-order valence-electron chi connectivity index (χ1n) is 8.91. The number of aliphatic carboxylic acids is 1. The Balaban J connectivity index is 1.45. The van der Waals surface area contributed by atoms with Crippen LogP contribution in [0, 0.1) is 0 Å². The van der Waals surface area contributed by atoms with Gasteiger partial charge < -0.3 is 10.0 Å². The van der Waals surface area contributed by atoms with Crippen LogP contribution in [0.5, 0.6) is 0 Å². The summed E-state index contributed by atoms with van der Waals surface area (Å²) in [6, 6.07) is 10.2. The molecule has 136 valence electrons. The molecule has 2 aliphatic heterocycles. The number of thioether (sulfide) groups is 1. The van der Waals surface area contributed by atoms with Crippen LogP contribution < -0.4 is 0 Å². The highest BCUT2D eigenvalue weighted by atomic mass is 32.2. The number of aryl methyl sites for hydroxylation is 2. The van der Waals surface area contributed by atoms with E-state index >= 15 is 0 Å². The number of hydrogen-bond acceptors (Lipinski definition) is 4. The van der Waals surface area contributed by atoms with Crippen LogP contribution in [0.4, 0.5) is 0 Å². The monoisotopic (exact) mass is 371 g/mol. The molecule has 0 radical (unpaired) electrons. The van der Waals surface area contributed by atoms with E-state index in [1.165, 1.54) is 10.5 Å². The van der Waals surface area contributed by atoms with E-state index < -0.39 is 5.97 Å². The van der Waals surface area contributed by atoms with Gasteiger partial charge >= 0.3 is 5.97 Å². The molecule has 1 amide bonds. The first-order valence-corrected chi connectivity index (χ1v) is 9.79. The summed E-state index contributed by atoms with van der Waals surface area (Å²) < 4.78 is 1.93. The molecule has 0 saturated carbocycles. The van der Waals surface area contributed by atoms with E-state index in [0.29, 0.717) is 13.0 Å². The third-order valence-electron chi connectivity index (χ3n) is 4.89. The molecular weight excluding hydrogens is 350 g/mol. The molecule has 2 aliphatic rings. The number of carboxylic acids is 1. The lowest BCUT2D eigenvalue weighted by Gasteiger charge is -2.23. The van der Waals surface area contributed by atoms with Gasteiger partial charge in [0.2, 0.25) is 5.91 Å². The van der Waals surface area contributed by atoms with Gasteiger partial charge in [0.05, 0.1) is 29.6 Å². The Morgan fingerprint density at radius 1 is 1.27 bits per heavy atom. The van der Waals surface area contributed by atoms with Gasteiger partial charge in [-0.3, -0.25) is 14.3 Å². The largest absolute Gasteiger partial charge is 0.481 e. The fraction of sp³-hybridized carbons (Fsp3) is 0.421. The van der Waals surface area contributed by atoms with Crippen molar-refractivity contribution >= 4 is 23.6 Å². The second-order valence-electron chi connectivity index (χ2n) is 6.78. The zero-order chi connectivity index (χ0) is 18.1. The van der Waals surface area contributed by atoms with Crippen molar-refractivity contribution in [3.63, 3.8) is 0 Å².